The van der Waals surface area contributed by atoms with Crippen molar-refractivity contribution < 1.29 is 0 Å². The minimum atomic E-state index is -0.327. The summed E-state index contributed by atoms with van der Waals surface area (Å²) in [6, 6.07) is 10.6. The van der Waals surface area contributed by atoms with Crippen molar-refractivity contribution in [3.63, 3.8) is 0 Å². The first-order chi connectivity index (χ1) is 6.12. The summed E-state index contributed by atoms with van der Waals surface area (Å²) < 4.78 is 0. The first kappa shape index (κ1) is 9.80. The van der Waals surface area contributed by atoms with Gasteiger partial charge in [-0.25, -0.2) is 0 Å². The molecule has 1 rings (SSSR count). The van der Waals surface area contributed by atoms with Crippen molar-refractivity contribution in [2.45, 2.75) is 32.6 Å². The molecule has 0 aromatic heterocycles. The van der Waals surface area contributed by atoms with E-state index in [4.69, 9.17) is 5.26 Å². The van der Waals surface area contributed by atoms with Gasteiger partial charge >= 0.3 is 0 Å². The Morgan fingerprint density at radius 3 is 2.62 bits per heavy atom. The molecule has 0 amide bonds. The fourth-order valence-electron chi connectivity index (χ4n) is 1.34. The van der Waals surface area contributed by atoms with Crippen molar-refractivity contribution >= 4 is 0 Å². The van der Waals surface area contributed by atoms with E-state index in [1.54, 1.807) is 0 Å². The molecule has 1 aromatic carbocycles. The zero-order chi connectivity index (χ0) is 9.90. The minimum absolute atomic E-state index is 0.327. The van der Waals surface area contributed by atoms with Gasteiger partial charge in [0.1, 0.15) is 0 Å². The van der Waals surface area contributed by atoms with Gasteiger partial charge in [0.25, 0.3) is 0 Å². The highest BCUT2D eigenvalue weighted by Gasteiger charge is 2.23. The fourth-order valence-corrected chi connectivity index (χ4v) is 1.34. The van der Waals surface area contributed by atoms with Gasteiger partial charge in [0.05, 0.1) is 11.5 Å². The Morgan fingerprint density at radius 2 is 2.15 bits per heavy atom. The third kappa shape index (κ3) is 1.89. The van der Waals surface area contributed by atoms with Crippen molar-refractivity contribution in [3.8, 4) is 6.07 Å². The molecule has 1 nitrogen and oxygen atoms in total. The van der Waals surface area contributed by atoms with Crippen LogP contribution >= 0.6 is 0 Å². The number of rotatable bonds is 2. The molecule has 0 bridgehead atoms. The molecular formula is C12H15N. The van der Waals surface area contributed by atoms with Crippen molar-refractivity contribution in [3.05, 3.63) is 35.4 Å². The van der Waals surface area contributed by atoms with Crippen LogP contribution in [0.3, 0.4) is 0 Å². The van der Waals surface area contributed by atoms with Gasteiger partial charge in [0.15, 0.2) is 0 Å². The molecule has 0 N–H and O–H groups in total. The molecule has 0 aliphatic rings. The lowest BCUT2D eigenvalue weighted by atomic mass is 9.81. The van der Waals surface area contributed by atoms with Crippen LogP contribution in [0, 0.1) is 18.3 Å². The molecule has 0 spiro atoms. The number of aryl methyl sites for hydroxylation is 1. The number of nitriles is 1. The van der Waals surface area contributed by atoms with Gasteiger partial charge in [-0.1, -0.05) is 36.8 Å². The predicted molar refractivity (Wildman–Crippen MR) is 54.4 cm³/mol. The first-order valence-corrected chi connectivity index (χ1v) is 4.61. The summed E-state index contributed by atoms with van der Waals surface area (Å²) in [7, 11) is 0. The Labute approximate surface area is 80.0 Å². The maximum Gasteiger partial charge on any atom is 0.0791 e. The number of nitrogens with zero attached hydrogens (tertiary/aromatic N) is 1. The van der Waals surface area contributed by atoms with E-state index in [1.807, 2.05) is 26.0 Å². The van der Waals surface area contributed by atoms with E-state index in [0.29, 0.717) is 0 Å². The zero-order valence-electron chi connectivity index (χ0n) is 8.46. The van der Waals surface area contributed by atoms with Crippen LogP contribution in [0.25, 0.3) is 0 Å². The third-order valence-corrected chi connectivity index (χ3v) is 2.61. The summed E-state index contributed by atoms with van der Waals surface area (Å²) in [6.07, 6.45) is 0.854. The van der Waals surface area contributed by atoms with E-state index in [1.165, 1.54) is 5.56 Å². The summed E-state index contributed by atoms with van der Waals surface area (Å²) in [6.45, 7) is 6.09. The zero-order valence-corrected chi connectivity index (χ0v) is 8.46. The van der Waals surface area contributed by atoms with Gasteiger partial charge in [-0.05, 0) is 25.8 Å². The Morgan fingerprint density at radius 1 is 1.46 bits per heavy atom. The van der Waals surface area contributed by atoms with Gasteiger partial charge in [-0.2, -0.15) is 5.26 Å². The second kappa shape index (κ2) is 3.62. The van der Waals surface area contributed by atoms with E-state index < -0.39 is 0 Å². The standard InChI is InChI=1S/C12H15N/c1-4-12(3,9-13)11-7-5-6-10(2)8-11/h5-8H,4H2,1-3H3. The summed E-state index contributed by atoms with van der Waals surface area (Å²) in [4.78, 5) is 0. The molecule has 68 valence electrons. The quantitative estimate of drug-likeness (QED) is 0.673. The predicted octanol–water partition coefficient (Wildman–Crippen LogP) is 3.19. The Kier molecular flexibility index (Phi) is 2.72. The molecule has 0 aliphatic carbocycles. The average Bonchev–Trinajstić information content (AvgIpc) is 2.17. The van der Waals surface area contributed by atoms with Crippen molar-refractivity contribution in [1.29, 1.82) is 5.26 Å². The number of hydrogen-bond donors (Lipinski definition) is 0. The highest BCUT2D eigenvalue weighted by molar-refractivity contribution is 5.33. The van der Waals surface area contributed by atoms with Crippen LogP contribution in [0.1, 0.15) is 31.4 Å². The molecule has 1 unspecified atom stereocenters. The largest absolute Gasteiger partial charge is 0.197 e. The van der Waals surface area contributed by atoms with Gasteiger partial charge in [-0.3, -0.25) is 0 Å². The third-order valence-electron chi connectivity index (χ3n) is 2.61. The summed E-state index contributed by atoms with van der Waals surface area (Å²) in [5.41, 5.74) is 2.01. The van der Waals surface area contributed by atoms with Crippen LogP contribution in [0.4, 0.5) is 0 Å². The van der Waals surface area contributed by atoms with Crippen molar-refractivity contribution in [1.82, 2.24) is 0 Å². The summed E-state index contributed by atoms with van der Waals surface area (Å²) in [5.74, 6) is 0. The molecule has 13 heavy (non-hydrogen) atoms. The maximum absolute atomic E-state index is 9.08. The second-order valence-electron chi connectivity index (χ2n) is 3.67. The van der Waals surface area contributed by atoms with Crippen LogP contribution in [0.2, 0.25) is 0 Å². The molecule has 1 heteroatoms. The van der Waals surface area contributed by atoms with Gasteiger partial charge in [-0.15, -0.1) is 0 Å². The van der Waals surface area contributed by atoms with Gasteiger partial charge in [0, 0.05) is 0 Å². The molecule has 0 saturated carbocycles. The topological polar surface area (TPSA) is 23.8 Å². The van der Waals surface area contributed by atoms with Crippen LogP contribution in [0.5, 0.6) is 0 Å². The average molecular weight is 173 g/mol. The minimum Gasteiger partial charge on any atom is -0.197 e. The van der Waals surface area contributed by atoms with Crippen molar-refractivity contribution in [2.24, 2.45) is 0 Å². The Bertz CT molecular complexity index is 335. The molecule has 1 aromatic rings. The molecule has 0 saturated heterocycles. The molecule has 1 atom stereocenters. The lowest BCUT2D eigenvalue weighted by Gasteiger charge is -2.20. The first-order valence-electron chi connectivity index (χ1n) is 4.61. The van der Waals surface area contributed by atoms with Crippen LogP contribution in [-0.4, -0.2) is 0 Å². The Hall–Kier alpha value is -1.29. The second-order valence-corrected chi connectivity index (χ2v) is 3.67. The smallest absolute Gasteiger partial charge is 0.0791 e. The van der Waals surface area contributed by atoms with E-state index in [9.17, 15) is 0 Å². The van der Waals surface area contributed by atoms with Gasteiger partial charge in [0.2, 0.25) is 0 Å². The number of hydrogen-bond acceptors (Lipinski definition) is 1. The van der Waals surface area contributed by atoms with Gasteiger partial charge < -0.3 is 0 Å². The summed E-state index contributed by atoms with van der Waals surface area (Å²) >= 11 is 0. The summed E-state index contributed by atoms with van der Waals surface area (Å²) in [5, 5.41) is 9.08. The lowest BCUT2D eigenvalue weighted by Crippen LogP contribution is -2.17. The molecular weight excluding hydrogens is 158 g/mol. The van der Waals surface area contributed by atoms with E-state index >= 15 is 0 Å². The van der Waals surface area contributed by atoms with E-state index in [-0.39, 0.29) is 5.41 Å². The monoisotopic (exact) mass is 173 g/mol. The maximum atomic E-state index is 9.08. The molecule has 0 aliphatic heterocycles. The van der Waals surface area contributed by atoms with E-state index in [0.717, 1.165) is 12.0 Å². The number of benzene rings is 1. The van der Waals surface area contributed by atoms with Crippen LogP contribution in [0.15, 0.2) is 24.3 Å². The molecule has 0 heterocycles. The van der Waals surface area contributed by atoms with E-state index in [2.05, 4.69) is 25.1 Å². The van der Waals surface area contributed by atoms with Crippen molar-refractivity contribution in [2.75, 3.05) is 0 Å². The Balaban J connectivity index is 3.14. The molecule has 0 radical (unpaired) electrons. The molecule has 0 fully saturated rings. The normalized spacial score (nSPS) is 14.6. The highest BCUT2D eigenvalue weighted by atomic mass is 14.3. The lowest BCUT2D eigenvalue weighted by molar-refractivity contribution is 0.587. The highest BCUT2D eigenvalue weighted by Crippen LogP contribution is 2.26. The fraction of sp³-hybridized carbons (Fsp3) is 0.417. The van der Waals surface area contributed by atoms with Crippen LogP contribution in [-0.2, 0) is 5.41 Å². The van der Waals surface area contributed by atoms with Crippen LogP contribution < -0.4 is 0 Å². The SMILES string of the molecule is CCC(C)(C#N)c1cccc(C)c1.